The van der Waals surface area contributed by atoms with Crippen LogP contribution in [0.25, 0.3) is 0 Å². The molecule has 2 aliphatic heterocycles. The first kappa shape index (κ1) is 15.3. The second kappa shape index (κ2) is 7.62. The highest BCUT2D eigenvalue weighted by Crippen LogP contribution is 2.29. The molecule has 1 atom stereocenters. The third-order valence-corrected chi connectivity index (χ3v) is 5.85. The molecule has 0 N–H and O–H groups in total. The Morgan fingerprint density at radius 1 is 0.762 bits per heavy atom. The summed E-state index contributed by atoms with van der Waals surface area (Å²) in [6.07, 6.45) is 12.6. The van der Waals surface area contributed by atoms with Crippen molar-refractivity contribution in [3.8, 4) is 0 Å². The Bertz CT molecular complexity index is 332. The highest BCUT2D eigenvalue weighted by Gasteiger charge is 2.25. The van der Waals surface area contributed by atoms with Gasteiger partial charge in [0.1, 0.15) is 0 Å². The molecule has 3 rings (SSSR count). The first-order valence-electron chi connectivity index (χ1n) is 9.31. The van der Waals surface area contributed by atoms with Gasteiger partial charge in [-0.3, -0.25) is 4.79 Å². The number of carbonyl (C=O) groups excluding carboxylic acids is 1. The maximum absolute atomic E-state index is 12.5. The maximum atomic E-state index is 12.5. The van der Waals surface area contributed by atoms with E-state index < -0.39 is 0 Å². The van der Waals surface area contributed by atoms with Gasteiger partial charge in [-0.05, 0) is 69.9 Å². The lowest BCUT2D eigenvalue weighted by Gasteiger charge is -2.24. The van der Waals surface area contributed by atoms with E-state index in [1.807, 2.05) is 0 Å². The summed E-state index contributed by atoms with van der Waals surface area (Å²) in [4.78, 5) is 17.3. The molecule has 3 fully saturated rings. The molecule has 0 spiro atoms. The van der Waals surface area contributed by atoms with Crippen LogP contribution in [0.1, 0.15) is 64.2 Å². The van der Waals surface area contributed by atoms with E-state index in [-0.39, 0.29) is 0 Å². The van der Waals surface area contributed by atoms with Gasteiger partial charge in [-0.25, -0.2) is 0 Å². The molecule has 1 unspecified atom stereocenters. The van der Waals surface area contributed by atoms with E-state index >= 15 is 0 Å². The number of amides is 1. The van der Waals surface area contributed by atoms with E-state index in [1.165, 1.54) is 77.4 Å². The van der Waals surface area contributed by atoms with Crippen LogP contribution in [0.3, 0.4) is 0 Å². The summed E-state index contributed by atoms with van der Waals surface area (Å²) in [7, 11) is 0. The molecule has 21 heavy (non-hydrogen) atoms. The lowest BCUT2D eigenvalue weighted by Crippen LogP contribution is -2.33. The molecule has 1 amide bonds. The third kappa shape index (κ3) is 4.45. The van der Waals surface area contributed by atoms with Crippen LogP contribution in [0, 0.1) is 11.8 Å². The van der Waals surface area contributed by atoms with Crippen LogP contribution < -0.4 is 0 Å². The molecule has 3 heteroatoms. The lowest BCUT2D eigenvalue weighted by atomic mass is 10.0. The molecular formula is C18H32N2O. The highest BCUT2D eigenvalue weighted by atomic mass is 16.2. The predicted molar refractivity (Wildman–Crippen MR) is 86.2 cm³/mol. The average Bonchev–Trinajstić information content (AvgIpc) is 3.11. The van der Waals surface area contributed by atoms with E-state index in [2.05, 4.69) is 9.80 Å². The van der Waals surface area contributed by atoms with E-state index in [1.54, 1.807) is 0 Å². The van der Waals surface area contributed by atoms with Gasteiger partial charge < -0.3 is 9.80 Å². The average molecular weight is 292 g/mol. The maximum Gasteiger partial charge on any atom is 0.222 e. The molecule has 1 aliphatic carbocycles. The van der Waals surface area contributed by atoms with Gasteiger partial charge in [-0.1, -0.05) is 12.8 Å². The Labute approximate surface area is 130 Å². The van der Waals surface area contributed by atoms with Crippen molar-refractivity contribution in [2.24, 2.45) is 11.8 Å². The minimum atomic E-state index is 0.448. The summed E-state index contributed by atoms with van der Waals surface area (Å²) in [5, 5.41) is 0. The second-order valence-electron chi connectivity index (χ2n) is 7.54. The van der Waals surface area contributed by atoms with Crippen LogP contribution in [-0.4, -0.2) is 48.4 Å². The first-order valence-corrected chi connectivity index (χ1v) is 9.31. The summed E-state index contributed by atoms with van der Waals surface area (Å²) in [6, 6.07) is 0. The Balaban J connectivity index is 1.42. The van der Waals surface area contributed by atoms with Crippen LogP contribution in [-0.2, 0) is 4.79 Å². The van der Waals surface area contributed by atoms with Gasteiger partial charge in [0, 0.05) is 26.1 Å². The molecule has 3 aliphatic rings. The number of carbonyl (C=O) groups is 1. The number of rotatable bonds is 4. The van der Waals surface area contributed by atoms with Gasteiger partial charge in [-0.2, -0.15) is 0 Å². The van der Waals surface area contributed by atoms with Crippen LogP contribution in [0.4, 0.5) is 0 Å². The van der Waals surface area contributed by atoms with E-state index in [0.717, 1.165) is 25.4 Å². The standard InChI is InChI=1S/C18H32N2O/c21-18(14-16-6-1-2-7-16)20-12-5-8-17(9-13-20)15-19-10-3-4-11-19/h16-17H,1-15H2. The lowest BCUT2D eigenvalue weighted by molar-refractivity contribution is -0.132. The van der Waals surface area contributed by atoms with Crippen molar-refractivity contribution in [3.63, 3.8) is 0 Å². The molecule has 120 valence electrons. The Morgan fingerprint density at radius 3 is 2.24 bits per heavy atom. The predicted octanol–water partition coefficient (Wildman–Crippen LogP) is 3.29. The topological polar surface area (TPSA) is 23.6 Å². The van der Waals surface area contributed by atoms with Crippen molar-refractivity contribution in [1.82, 2.24) is 9.80 Å². The van der Waals surface area contributed by atoms with Crippen LogP contribution in [0.15, 0.2) is 0 Å². The molecule has 2 saturated heterocycles. The fourth-order valence-corrected chi connectivity index (χ4v) is 4.52. The number of nitrogens with zero attached hydrogens (tertiary/aromatic N) is 2. The highest BCUT2D eigenvalue weighted by molar-refractivity contribution is 5.76. The van der Waals surface area contributed by atoms with Crippen LogP contribution >= 0.6 is 0 Å². The monoisotopic (exact) mass is 292 g/mol. The normalized spacial score (nSPS) is 29.0. The van der Waals surface area contributed by atoms with Crippen molar-refractivity contribution >= 4 is 5.91 Å². The molecule has 0 aromatic carbocycles. The van der Waals surface area contributed by atoms with E-state index in [4.69, 9.17) is 0 Å². The van der Waals surface area contributed by atoms with Gasteiger partial charge in [-0.15, -0.1) is 0 Å². The molecule has 0 bridgehead atoms. The summed E-state index contributed by atoms with van der Waals surface area (Å²) in [5.41, 5.74) is 0. The largest absolute Gasteiger partial charge is 0.343 e. The van der Waals surface area contributed by atoms with Crippen molar-refractivity contribution in [1.29, 1.82) is 0 Å². The van der Waals surface area contributed by atoms with Crippen LogP contribution in [0.5, 0.6) is 0 Å². The van der Waals surface area contributed by atoms with Crippen molar-refractivity contribution < 1.29 is 4.79 Å². The minimum Gasteiger partial charge on any atom is -0.343 e. The molecule has 1 saturated carbocycles. The number of likely N-dealkylation sites (tertiary alicyclic amines) is 2. The zero-order valence-electron chi connectivity index (χ0n) is 13.6. The Hall–Kier alpha value is -0.570. The summed E-state index contributed by atoms with van der Waals surface area (Å²) < 4.78 is 0. The zero-order chi connectivity index (χ0) is 14.5. The minimum absolute atomic E-state index is 0.448. The van der Waals surface area contributed by atoms with Gasteiger partial charge in [0.15, 0.2) is 0 Å². The van der Waals surface area contributed by atoms with Crippen molar-refractivity contribution in [2.75, 3.05) is 32.7 Å². The second-order valence-corrected chi connectivity index (χ2v) is 7.54. The molecule has 2 heterocycles. The number of hydrogen-bond acceptors (Lipinski definition) is 2. The van der Waals surface area contributed by atoms with Gasteiger partial charge in [0.2, 0.25) is 5.91 Å². The zero-order valence-corrected chi connectivity index (χ0v) is 13.6. The van der Waals surface area contributed by atoms with Gasteiger partial charge in [0.25, 0.3) is 0 Å². The third-order valence-electron chi connectivity index (χ3n) is 5.85. The summed E-state index contributed by atoms with van der Waals surface area (Å²) >= 11 is 0. The first-order chi connectivity index (χ1) is 10.3. The SMILES string of the molecule is O=C(CC1CCCC1)N1CCCC(CN2CCCC2)CC1. The quantitative estimate of drug-likeness (QED) is 0.794. The molecule has 0 radical (unpaired) electrons. The molecular weight excluding hydrogens is 260 g/mol. The smallest absolute Gasteiger partial charge is 0.222 e. The van der Waals surface area contributed by atoms with Crippen molar-refractivity contribution in [3.05, 3.63) is 0 Å². The Morgan fingerprint density at radius 2 is 1.48 bits per heavy atom. The Kier molecular flexibility index (Phi) is 5.56. The number of hydrogen-bond donors (Lipinski definition) is 0. The van der Waals surface area contributed by atoms with Gasteiger partial charge in [0.05, 0.1) is 0 Å². The van der Waals surface area contributed by atoms with Crippen LogP contribution in [0.2, 0.25) is 0 Å². The summed E-state index contributed by atoms with van der Waals surface area (Å²) in [5.74, 6) is 1.97. The van der Waals surface area contributed by atoms with E-state index in [9.17, 15) is 4.79 Å². The van der Waals surface area contributed by atoms with Gasteiger partial charge >= 0.3 is 0 Å². The summed E-state index contributed by atoms with van der Waals surface area (Å²) in [6.45, 7) is 5.93. The van der Waals surface area contributed by atoms with Crippen molar-refractivity contribution in [2.45, 2.75) is 64.2 Å². The fraction of sp³-hybridized carbons (Fsp3) is 0.944. The molecule has 0 aromatic rings. The fourth-order valence-electron chi connectivity index (χ4n) is 4.52. The molecule has 3 nitrogen and oxygen atoms in total. The van der Waals surface area contributed by atoms with E-state index in [0.29, 0.717) is 11.8 Å². The molecule has 0 aromatic heterocycles.